The number of aliphatic hydroxyl groups is 1. The number of hydrogen-bond acceptors (Lipinski definition) is 6. The molecule has 35 heavy (non-hydrogen) atoms. The van der Waals surface area contributed by atoms with E-state index >= 15 is 0 Å². The zero-order valence-electron chi connectivity index (χ0n) is 21.1. The molecule has 1 aromatic rings. The molecule has 4 aliphatic carbocycles. The minimum Gasteiger partial charge on any atom is -0.508 e. The van der Waals surface area contributed by atoms with Gasteiger partial charge < -0.3 is 29.2 Å². The number of benzene rings is 1. The van der Waals surface area contributed by atoms with Gasteiger partial charge in [-0.3, -0.25) is 0 Å². The molecule has 6 heteroatoms. The van der Waals surface area contributed by atoms with Crippen LogP contribution in [0, 0.1) is 35.0 Å². The smallest absolute Gasteiger partial charge is 0.174 e. The van der Waals surface area contributed by atoms with Gasteiger partial charge in [0.05, 0.1) is 32.0 Å². The van der Waals surface area contributed by atoms with Gasteiger partial charge in [0, 0.05) is 24.7 Å². The van der Waals surface area contributed by atoms with Crippen LogP contribution in [0.5, 0.6) is 5.75 Å². The fourth-order valence-electron chi connectivity index (χ4n) is 9.97. The second-order valence-corrected chi connectivity index (χ2v) is 12.7. The van der Waals surface area contributed by atoms with Gasteiger partial charge in [0.1, 0.15) is 5.75 Å². The van der Waals surface area contributed by atoms with E-state index < -0.39 is 17.2 Å². The Kier molecular flexibility index (Phi) is 5.04. The van der Waals surface area contributed by atoms with E-state index in [0.717, 1.165) is 38.5 Å². The Bertz CT molecular complexity index is 966. The lowest BCUT2D eigenvalue weighted by Gasteiger charge is -2.64. The van der Waals surface area contributed by atoms with Gasteiger partial charge in [-0.15, -0.1) is 0 Å². The van der Waals surface area contributed by atoms with Crippen molar-refractivity contribution >= 4 is 0 Å². The van der Waals surface area contributed by atoms with Crippen LogP contribution in [0.3, 0.4) is 0 Å². The quantitative estimate of drug-likeness (QED) is 0.607. The Hall–Kier alpha value is -1.18. The normalized spacial score (nSPS) is 47.5. The standard InChI is InChI=1S/C29H40O6/c1-18-15-21-23-8-10-29(34-13-14-35-29)26(23,2)16-22(19-3-5-20(30)6-4-19)25(21)24-7-9-27(17-28(18,24)31)32-11-12-33-27/h3-6,18,21-25,30-31H,7-17H2,1-2H3/t18-,21+,22-,23+,24-,25-,26+,28+/m1/s1. The Morgan fingerprint density at radius 3 is 2.26 bits per heavy atom. The highest BCUT2D eigenvalue weighted by atomic mass is 16.7. The summed E-state index contributed by atoms with van der Waals surface area (Å²) in [6.07, 6.45) is 6.47. The average molecular weight is 485 g/mol. The highest BCUT2D eigenvalue weighted by Crippen LogP contribution is 2.71. The van der Waals surface area contributed by atoms with Crippen molar-refractivity contribution in [2.75, 3.05) is 26.4 Å². The number of phenolic OH excluding ortho intramolecular Hbond substituents is 1. The van der Waals surface area contributed by atoms with Crippen molar-refractivity contribution in [3.63, 3.8) is 0 Å². The molecule has 2 heterocycles. The molecule has 192 valence electrons. The highest BCUT2D eigenvalue weighted by molar-refractivity contribution is 5.32. The van der Waals surface area contributed by atoms with E-state index in [1.54, 1.807) is 0 Å². The Labute approximate surface area is 208 Å². The van der Waals surface area contributed by atoms with Gasteiger partial charge >= 0.3 is 0 Å². The molecule has 6 fully saturated rings. The van der Waals surface area contributed by atoms with E-state index in [1.807, 2.05) is 12.1 Å². The van der Waals surface area contributed by atoms with Crippen LogP contribution >= 0.6 is 0 Å². The summed E-state index contributed by atoms with van der Waals surface area (Å²) >= 11 is 0. The molecule has 7 rings (SSSR count). The number of aromatic hydroxyl groups is 1. The third-order valence-electron chi connectivity index (χ3n) is 11.5. The van der Waals surface area contributed by atoms with Crippen LogP contribution in [0.1, 0.15) is 70.3 Å². The van der Waals surface area contributed by atoms with Crippen LogP contribution in [-0.4, -0.2) is 53.8 Å². The fraction of sp³-hybridized carbons (Fsp3) is 0.793. The summed E-state index contributed by atoms with van der Waals surface area (Å²) in [6, 6.07) is 7.84. The summed E-state index contributed by atoms with van der Waals surface area (Å²) in [6.45, 7) is 7.29. The lowest BCUT2D eigenvalue weighted by atomic mass is 9.43. The summed E-state index contributed by atoms with van der Waals surface area (Å²) in [5, 5.41) is 22.4. The monoisotopic (exact) mass is 484 g/mol. The third-order valence-corrected chi connectivity index (χ3v) is 11.5. The van der Waals surface area contributed by atoms with Gasteiger partial charge in [-0.1, -0.05) is 26.0 Å². The molecule has 0 aromatic heterocycles. The zero-order valence-corrected chi connectivity index (χ0v) is 21.1. The molecule has 4 saturated carbocycles. The maximum absolute atomic E-state index is 12.4. The van der Waals surface area contributed by atoms with Gasteiger partial charge in [0.2, 0.25) is 0 Å². The van der Waals surface area contributed by atoms with Crippen molar-refractivity contribution in [3.05, 3.63) is 29.8 Å². The van der Waals surface area contributed by atoms with Gasteiger partial charge in [0.15, 0.2) is 11.6 Å². The third kappa shape index (κ3) is 3.07. The van der Waals surface area contributed by atoms with Gasteiger partial charge in [-0.2, -0.15) is 0 Å². The second kappa shape index (κ2) is 7.67. The van der Waals surface area contributed by atoms with Crippen LogP contribution < -0.4 is 0 Å². The van der Waals surface area contributed by atoms with Crippen LogP contribution in [0.15, 0.2) is 24.3 Å². The van der Waals surface area contributed by atoms with Crippen molar-refractivity contribution in [2.24, 2.45) is 35.0 Å². The fourth-order valence-corrected chi connectivity index (χ4v) is 9.97. The van der Waals surface area contributed by atoms with Crippen molar-refractivity contribution in [1.29, 1.82) is 0 Å². The molecule has 1 aromatic carbocycles. The first-order valence-corrected chi connectivity index (χ1v) is 13.9. The molecule has 2 N–H and O–H groups in total. The summed E-state index contributed by atoms with van der Waals surface area (Å²) in [4.78, 5) is 0. The first-order valence-electron chi connectivity index (χ1n) is 13.9. The van der Waals surface area contributed by atoms with E-state index in [0.29, 0.717) is 56.4 Å². The SMILES string of the molecule is C[C@@H]1C[C@@H]2[C@H]([C@@H](c3ccc(O)cc3)C[C@@]3(C)[C@H]2CCC32OCCO2)[C@H]2CCC3(C[C@]12O)OCCO3. The second-order valence-electron chi connectivity index (χ2n) is 12.7. The van der Waals surface area contributed by atoms with E-state index in [9.17, 15) is 10.2 Å². The lowest BCUT2D eigenvalue weighted by Crippen LogP contribution is -2.65. The molecule has 2 saturated heterocycles. The van der Waals surface area contributed by atoms with Gasteiger partial charge in [-0.05, 0) is 78.9 Å². The maximum Gasteiger partial charge on any atom is 0.174 e. The van der Waals surface area contributed by atoms with Crippen LogP contribution in [0.25, 0.3) is 0 Å². The van der Waals surface area contributed by atoms with Crippen LogP contribution in [-0.2, 0) is 18.9 Å². The van der Waals surface area contributed by atoms with E-state index in [2.05, 4.69) is 26.0 Å². The van der Waals surface area contributed by atoms with Gasteiger partial charge in [-0.25, -0.2) is 0 Å². The molecule has 0 amide bonds. The molecule has 6 nitrogen and oxygen atoms in total. The summed E-state index contributed by atoms with van der Waals surface area (Å²) in [7, 11) is 0. The summed E-state index contributed by atoms with van der Waals surface area (Å²) < 4.78 is 25.1. The summed E-state index contributed by atoms with van der Waals surface area (Å²) in [5.74, 6) is 1.32. The highest BCUT2D eigenvalue weighted by Gasteiger charge is 2.71. The molecule has 0 bridgehead atoms. The molecule has 8 atom stereocenters. The van der Waals surface area contributed by atoms with Crippen molar-refractivity contribution in [3.8, 4) is 5.75 Å². The maximum atomic E-state index is 12.4. The molecular formula is C29H40O6. The largest absolute Gasteiger partial charge is 0.508 e. The Balaban J connectivity index is 1.32. The van der Waals surface area contributed by atoms with E-state index in [4.69, 9.17) is 18.9 Å². The van der Waals surface area contributed by atoms with Crippen molar-refractivity contribution in [1.82, 2.24) is 0 Å². The predicted molar refractivity (Wildman–Crippen MR) is 129 cm³/mol. The Morgan fingerprint density at radius 1 is 0.886 bits per heavy atom. The number of hydrogen-bond donors (Lipinski definition) is 2. The molecule has 2 aliphatic heterocycles. The minimum absolute atomic E-state index is 0.0596. The number of phenols is 1. The average Bonchev–Trinajstić information content (AvgIpc) is 3.56. The van der Waals surface area contributed by atoms with Crippen molar-refractivity contribution in [2.45, 2.75) is 81.9 Å². The molecule has 2 spiro atoms. The zero-order chi connectivity index (χ0) is 24.1. The minimum atomic E-state index is -0.788. The lowest BCUT2D eigenvalue weighted by molar-refractivity contribution is -0.284. The molecule has 0 radical (unpaired) electrons. The van der Waals surface area contributed by atoms with Gasteiger partial charge in [0.25, 0.3) is 0 Å². The summed E-state index contributed by atoms with van der Waals surface area (Å²) in [5.41, 5.74) is 0.419. The predicted octanol–water partition coefficient (Wildman–Crippen LogP) is 4.59. The van der Waals surface area contributed by atoms with Crippen molar-refractivity contribution < 1.29 is 29.2 Å². The van der Waals surface area contributed by atoms with E-state index in [-0.39, 0.29) is 23.2 Å². The Morgan fingerprint density at radius 2 is 1.54 bits per heavy atom. The molecular weight excluding hydrogens is 444 g/mol. The number of fused-ring (bicyclic) bond motifs is 6. The van der Waals surface area contributed by atoms with Crippen LogP contribution in [0.2, 0.25) is 0 Å². The topological polar surface area (TPSA) is 77.4 Å². The van der Waals surface area contributed by atoms with E-state index in [1.165, 1.54) is 5.56 Å². The van der Waals surface area contributed by atoms with Crippen LogP contribution in [0.4, 0.5) is 0 Å². The first-order chi connectivity index (χ1) is 16.8. The first kappa shape index (κ1) is 23.0. The molecule has 6 aliphatic rings. The number of ether oxygens (including phenoxy) is 4. The number of rotatable bonds is 1. The molecule has 0 unspecified atom stereocenters.